The summed E-state index contributed by atoms with van der Waals surface area (Å²) in [5.74, 6) is 0.463. The van der Waals surface area contributed by atoms with Crippen LogP contribution in [0.25, 0.3) is 0 Å². The molecular weight excluding hydrogens is 245 g/mol. The minimum absolute atomic E-state index is 0.325. The van der Waals surface area contributed by atoms with Crippen molar-refractivity contribution in [3.63, 3.8) is 0 Å². The molecule has 0 fully saturated rings. The molecule has 0 spiro atoms. The van der Waals surface area contributed by atoms with Crippen LogP contribution >= 0.6 is 0 Å². The van der Waals surface area contributed by atoms with Crippen molar-refractivity contribution in [1.82, 2.24) is 0 Å². The topological polar surface area (TPSA) is 36.6 Å². The number of benzene rings is 1. The lowest BCUT2D eigenvalue weighted by Crippen LogP contribution is -2.19. The Kier molecular flexibility index (Phi) is 3.90. The van der Waals surface area contributed by atoms with Gasteiger partial charge in [-0.3, -0.25) is 0 Å². The molecule has 0 aliphatic heterocycles. The van der Waals surface area contributed by atoms with E-state index in [9.17, 15) is 9.50 Å². The first-order chi connectivity index (χ1) is 9.00. The van der Waals surface area contributed by atoms with E-state index in [2.05, 4.69) is 0 Å². The summed E-state index contributed by atoms with van der Waals surface area (Å²) in [5.41, 5.74) is 2.06. The minimum atomic E-state index is -0.843. The molecule has 1 heterocycles. The molecule has 102 valence electrons. The van der Waals surface area contributed by atoms with Crippen molar-refractivity contribution in [2.45, 2.75) is 26.5 Å². The Balaban J connectivity index is 2.31. The highest BCUT2D eigenvalue weighted by molar-refractivity contribution is 5.55. The van der Waals surface area contributed by atoms with Gasteiger partial charge in [0.25, 0.3) is 0 Å². The maximum Gasteiger partial charge on any atom is 0.131 e. The highest BCUT2D eigenvalue weighted by Crippen LogP contribution is 2.29. The number of hydrogen-bond donors (Lipinski definition) is 1. The van der Waals surface area contributed by atoms with Crippen LogP contribution in [0, 0.1) is 12.7 Å². The Morgan fingerprint density at radius 3 is 2.68 bits per heavy atom. The Morgan fingerprint density at radius 1 is 1.37 bits per heavy atom. The fourth-order valence-electron chi connectivity index (χ4n) is 2.19. The molecule has 1 aromatic heterocycles. The largest absolute Gasteiger partial charge is 0.469 e. The van der Waals surface area contributed by atoms with E-state index < -0.39 is 6.10 Å². The third-order valence-corrected chi connectivity index (χ3v) is 3.23. The van der Waals surface area contributed by atoms with Gasteiger partial charge in [0.15, 0.2) is 0 Å². The summed E-state index contributed by atoms with van der Waals surface area (Å²) in [6.07, 6.45) is 0.795. The van der Waals surface area contributed by atoms with Crippen molar-refractivity contribution in [3.8, 4) is 0 Å². The van der Waals surface area contributed by atoms with Crippen LogP contribution in [-0.2, 0) is 6.54 Å². The molecule has 1 atom stereocenters. The summed E-state index contributed by atoms with van der Waals surface area (Å²) in [6.45, 7) is 4.06. The Labute approximate surface area is 112 Å². The van der Waals surface area contributed by atoms with Crippen LogP contribution in [0.5, 0.6) is 0 Å². The van der Waals surface area contributed by atoms with Crippen molar-refractivity contribution in [2.24, 2.45) is 0 Å². The first-order valence-electron chi connectivity index (χ1n) is 6.21. The van der Waals surface area contributed by atoms with Gasteiger partial charge >= 0.3 is 0 Å². The number of rotatable bonds is 4. The number of aliphatic hydroxyl groups is 1. The second-order valence-electron chi connectivity index (χ2n) is 4.71. The highest BCUT2D eigenvalue weighted by Gasteiger charge is 2.17. The molecule has 0 bridgehead atoms. The van der Waals surface area contributed by atoms with E-state index in [-0.39, 0.29) is 5.82 Å². The van der Waals surface area contributed by atoms with Crippen molar-refractivity contribution >= 4 is 5.69 Å². The lowest BCUT2D eigenvalue weighted by molar-refractivity contribution is 0.194. The molecule has 19 heavy (non-hydrogen) atoms. The molecule has 3 nitrogen and oxygen atoms in total. The molecule has 0 aliphatic rings. The Hall–Kier alpha value is -1.81. The van der Waals surface area contributed by atoms with Crippen LogP contribution < -0.4 is 4.90 Å². The minimum Gasteiger partial charge on any atom is -0.469 e. The predicted molar refractivity (Wildman–Crippen MR) is 72.6 cm³/mol. The zero-order valence-electron chi connectivity index (χ0n) is 11.4. The maximum absolute atomic E-state index is 13.8. The van der Waals surface area contributed by atoms with Gasteiger partial charge in [0.05, 0.1) is 12.4 Å². The second-order valence-corrected chi connectivity index (χ2v) is 4.71. The SMILES string of the molecule is Cc1occc1CN(C)c1cccc(F)c1[C@@H](C)O. The molecular formula is C15H18FNO2. The van der Waals surface area contributed by atoms with Crippen LogP contribution in [0.15, 0.2) is 34.9 Å². The molecule has 0 saturated heterocycles. The average Bonchev–Trinajstić information content (AvgIpc) is 2.74. The highest BCUT2D eigenvalue weighted by atomic mass is 19.1. The first kappa shape index (κ1) is 13.6. The summed E-state index contributed by atoms with van der Waals surface area (Å²) in [6, 6.07) is 6.71. The lowest BCUT2D eigenvalue weighted by atomic mass is 10.1. The summed E-state index contributed by atoms with van der Waals surface area (Å²) in [4.78, 5) is 1.91. The maximum atomic E-state index is 13.8. The molecule has 1 N–H and O–H groups in total. The zero-order valence-corrected chi connectivity index (χ0v) is 11.4. The van der Waals surface area contributed by atoms with E-state index in [4.69, 9.17) is 4.42 Å². The molecule has 0 saturated carbocycles. The molecule has 0 unspecified atom stereocenters. The van der Waals surface area contributed by atoms with Gasteiger partial charge in [-0.2, -0.15) is 0 Å². The van der Waals surface area contributed by atoms with Gasteiger partial charge in [-0.15, -0.1) is 0 Å². The Morgan fingerprint density at radius 2 is 2.11 bits per heavy atom. The van der Waals surface area contributed by atoms with Crippen LogP contribution in [-0.4, -0.2) is 12.2 Å². The third kappa shape index (κ3) is 2.79. The summed E-state index contributed by atoms with van der Waals surface area (Å²) in [7, 11) is 1.87. The van der Waals surface area contributed by atoms with E-state index in [0.29, 0.717) is 17.8 Å². The summed E-state index contributed by atoms with van der Waals surface area (Å²) >= 11 is 0. The number of nitrogens with zero attached hydrogens (tertiary/aromatic N) is 1. The van der Waals surface area contributed by atoms with Gasteiger partial charge in [0.1, 0.15) is 11.6 Å². The van der Waals surface area contributed by atoms with Gasteiger partial charge in [-0.1, -0.05) is 6.07 Å². The van der Waals surface area contributed by atoms with Gasteiger partial charge in [-0.05, 0) is 32.0 Å². The van der Waals surface area contributed by atoms with Crippen molar-refractivity contribution < 1.29 is 13.9 Å². The van der Waals surface area contributed by atoms with Crippen LogP contribution in [0.4, 0.5) is 10.1 Å². The smallest absolute Gasteiger partial charge is 0.131 e. The lowest BCUT2D eigenvalue weighted by Gasteiger charge is -2.23. The zero-order chi connectivity index (χ0) is 14.0. The molecule has 0 aliphatic carbocycles. The number of hydrogen-bond acceptors (Lipinski definition) is 3. The molecule has 1 aromatic carbocycles. The van der Waals surface area contributed by atoms with Gasteiger partial charge in [0.2, 0.25) is 0 Å². The van der Waals surface area contributed by atoms with Crippen molar-refractivity contribution in [2.75, 3.05) is 11.9 Å². The van der Waals surface area contributed by atoms with E-state index in [1.54, 1.807) is 25.3 Å². The summed E-state index contributed by atoms with van der Waals surface area (Å²) in [5, 5.41) is 9.73. The molecule has 2 aromatic rings. The van der Waals surface area contributed by atoms with Crippen LogP contribution in [0.3, 0.4) is 0 Å². The van der Waals surface area contributed by atoms with Crippen LogP contribution in [0.2, 0.25) is 0 Å². The first-order valence-corrected chi connectivity index (χ1v) is 6.21. The molecule has 0 radical (unpaired) electrons. The number of anilines is 1. The monoisotopic (exact) mass is 263 g/mol. The number of furan rings is 1. The van der Waals surface area contributed by atoms with Gasteiger partial charge in [-0.25, -0.2) is 4.39 Å². The number of halogens is 1. The third-order valence-electron chi connectivity index (χ3n) is 3.23. The quantitative estimate of drug-likeness (QED) is 0.918. The fraction of sp³-hybridized carbons (Fsp3) is 0.333. The van der Waals surface area contributed by atoms with E-state index in [1.165, 1.54) is 6.07 Å². The van der Waals surface area contributed by atoms with E-state index >= 15 is 0 Å². The van der Waals surface area contributed by atoms with Crippen LogP contribution in [0.1, 0.15) is 29.9 Å². The summed E-state index contributed by atoms with van der Waals surface area (Å²) < 4.78 is 19.1. The fourth-order valence-corrected chi connectivity index (χ4v) is 2.19. The molecule has 4 heteroatoms. The Bertz CT molecular complexity index is 563. The standard InChI is InChI=1S/C15H18FNO2/c1-10(18)15-13(16)5-4-6-14(15)17(3)9-12-7-8-19-11(12)2/h4-8,10,18H,9H2,1-3H3/t10-/m1/s1. The number of aliphatic hydroxyl groups excluding tert-OH is 1. The van der Waals surface area contributed by atoms with Gasteiger partial charge < -0.3 is 14.4 Å². The van der Waals surface area contributed by atoms with E-state index in [1.807, 2.05) is 24.9 Å². The van der Waals surface area contributed by atoms with Crippen molar-refractivity contribution in [1.29, 1.82) is 0 Å². The second kappa shape index (κ2) is 5.45. The normalized spacial score (nSPS) is 12.5. The molecule has 0 amide bonds. The van der Waals surface area contributed by atoms with Crippen molar-refractivity contribution in [3.05, 3.63) is 53.2 Å². The number of aryl methyl sites for hydroxylation is 1. The van der Waals surface area contributed by atoms with Gasteiger partial charge in [0, 0.05) is 30.4 Å². The predicted octanol–water partition coefficient (Wildman–Crippen LogP) is 3.42. The average molecular weight is 263 g/mol. The molecule has 2 rings (SSSR count). The van der Waals surface area contributed by atoms with E-state index in [0.717, 1.165) is 11.3 Å².